The molecule has 0 bridgehead atoms. The van der Waals surface area contributed by atoms with Gasteiger partial charge in [0.15, 0.2) is 0 Å². The van der Waals surface area contributed by atoms with Gasteiger partial charge >= 0.3 is 6.18 Å². The minimum Gasteiger partial charge on any atom is -0.497 e. The molecule has 3 rings (SSSR count). The highest BCUT2D eigenvalue weighted by molar-refractivity contribution is 7.92. The van der Waals surface area contributed by atoms with Gasteiger partial charge in [0.2, 0.25) is 21.1 Å². The number of ether oxygens (including phenoxy) is 1. The van der Waals surface area contributed by atoms with E-state index in [4.69, 9.17) is 16.3 Å². The van der Waals surface area contributed by atoms with E-state index in [2.05, 4.69) is 15.5 Å². The zero-order valence-electron chi connectivity index (χ0n) is 17.9. The second-order valence-corrected chi connectivity index (χ2v) is 10.3. The Bertz CT molecular complexity index is 1300. The summed E-state index contributed by atoms with van der Waals surface area (Å²) in [4.78, 5) is 12.8. The monoisotopic (exact) mass is 534 g/mol. The molecule has 34 heavy (non-hydrogen) atoms. The van der Waals surface area contributed by atoms with Crippen molar-refractivity contribution in [2.24, 2.45) is 0 Å². The first-order valence-electron chi connectivity index (χ1n) is 9.46. The summed E-state index contributed by atoms with van der Waals surface area (Å²) in [6.07, 6.45) is -4.03. The number of alkyl halides is 3. The number of hydrogen-bond donors (Lipinski definition) is 1. The summed E-state index contributed by atoms with van der Waals surface area (Å²) >= 11 is 6.67. The third-order valence-corrected chi connectivity index (χ3v) is 7.05. The lowest BCUT2D eigenvalue weighted by molar-refractivity contribution is -0.137. The van der Waals surface area contributed by atoms with Crippen molar-refractivity contribution in [2.75, 3.05) is 23.0 Å². The number of anilines is 2. The first-order chi connectivity index (χ1) is 15.8. The molecule has 0 fully saturated rings. The van der Waals surface area contributed by atoms with Crippen LogP contribution in [0.5, 0.6) is 5.75 Å². The third kappa shape index (κ3) is 5.77. The van der Waals surface area contributed by atoms with Gasteiger partial charge in [0.25, 0.3) is 0 Å². The van der Waals surface area contributed by atoms with Crippen molar-refractivity contribution in [3.8, 4) is 16.3 Å². The van der Waals surface area contributed by atoms with Crippen LogP contribution in [0.1, 0.15) is 12.5 Å². The maximum atomic E-state index is 13.3. The lowest BCUT2D eigenvalue weighted by Crippen LogP contribution is -2.45. The molecule has 0 aliphatic heterocycles. The highest BCUT2D eigenvalue weighted by Crippen LogP contribution is 2.38. The smallest absolute Gasteiger partial charge is 0.417 e. The van der Waals surface area contributed by atoms with E-state index in [-0.39, 0.29) is 10.8 Å². The SMILES string of the molecule is COc1ccc(-c2nnc(NC(=O)C(C)N(c3ccc(Cl)c(C(F)(F)F)c3)S(C)(=O)=O)s2)cc1. The van der Waals surface area contributed by atoms with Gasteiger partial charge in [0.05, 0.1) is 29.6 Å². The number of nitrogens with zero attached hydrogens (tertiary/aromatic N) is 3. The average Bonchev–Trinajstić information content (AvgIpc) is 3.21. The standard InChI is InChI=1S/C20H18ClF3N4O4S2/c1-11(28(34(3,30)31)13-6-9-16(21)15(10-13)20(22,23)24)17(29)25-19-27-26-18(33-19)12-4-7-14(32-2)8-5-12/h4-11H,1-3H3,(H,25,27,29). The number of benzene rings is 2. The highest BCUT2D eigenvalue weighted by atomic mass is 35.5. The molecular weight excluding hydrogens is 517 g/mol. The average molecular weight is 535 g/mol. The lowest BCUT2D eigenvalue weighted by atomic mass is 10.1. The van der Waals surface area contributed by atoms with Gasteiger partial charge in [0, 0.05) is 5.56 Å². The molecule has 1 unspecified atom stereocenters. The fraction of sp³-hybridized carbons (Fsp3) is 0.250. The van der Waals surface area contributed by atoms with Crippen LogP contribution in [0, 0.1) is 0 Å². The summed E-state index contributed by atoms with van der Waals surface area (Å²) in [5.74, 6) is -0.168. The molecule has 1 amide bonds. The van der Waals surface area contributed by atoms with Crippen LogP contribution in [0.4, 0.5) is 24.0 Å². The molecule has 182 valence electrons. The summed E-state index contributed by atoms with van der Waals surface area (Å²) in [7, 11) is -2.63. The number of sulfonamides is 1. The molecule has 0 spiro atoms. The van der Waals surface area contributed by atoms with Gasteiger partial charge in [-0.3, -0.25) is 14.4 Å². The van der Waals surface area contributed by atoms with Crippen LogP contribution in [-0.2, 0) is 21.0 Å². The normalized spacial score (nSPS) is 12.8. The van der Waals surface area contributed by atoms with Crippen molar-refractivity contribution in [1.29, 1.82) is 0 Å². The van der Waals surface area contributed by atoms with Crippen LogP contribution in [0.15, 0.2) is 42.5 Å². The van der Waals surface area contributed by atoms with Crippen molar-refractivity contribution in [2.45, 2.75) is 19.1 Å². The van der Waals surface area contributed by atoms with E-state index in [1.165, 1.54) is 14.0 Å². The number of aromatic nitrogens is 2. The summed E-state index contributed by atoms with van der Waals surface area (Å²) in [5, 5.41) is 10.3. The maximum Gasteiger partial charge on any atom is 0.417 e. The zero-order chi connectivity index (χ0) is 25.3. The molecule has 2 aromatic carbocycles. The van der Waals surface area contributed by atoms with Gasteiger partial charge in [-0.25, -0.2) is 8.42 Å². The summed E-state index contributed by atoms with van der Waals surface area (Å²) in [6.45, 7) is 1.24. The predicted octanol–water partition coefficient (Wildman–Crippen LogP) is 4.68. The number of nitrogens with one attached hydrogen (secondary N) is 1. The number of halogens is 4. The molecule has 0 saturated heterocycles. The maximum absolute atomic E-state index is 13.3. The Morgan fingerprint density at radius 3 is 2.38 bits per heavy atom. The molecule has 1 heterocycles. The number of methoxy groups -OCH3 is 1. The molecule has 1 atom stereocenters. The van der Waals surface area contributed by atoms with Crippen LogP contribution in [0.3, 0.4) is 0 Å². The van der Waals surface area contributed by atoms with Crippen molar-refractivity contribution in [3.63, 3.8) is 0 Å². The fourth-order valence-electron chi connectivity index (χ4n) is 3.01. The molecule has 0 aliphatic rings. The first-order valence-corrected chi connectivity index (χ1v) is 12.5. The molecule has 1 N–H and O–H groups in total. The molecule has 1 aromatic heterocycles. The fourth-order valence-corrected chi connectivity index (χ4v) is 5.15. The summed E-state index contributed by atoms with van der Waals surface area (Å²) in [5.41, 5.74) is -0.871. The molecule has 8 nitrogen and oxygen atoms in total. The Kier molecular flexibility index (Phi) is 7.38. The van der Waals surface area contributed by atoms with Gasteiger partial charge in [-0.2, -0.15) is 13.2 Å². The Balaban J connectivity index is 1.86. The second kappa shape index (κ2) is 9.76. The molecule has 0 aliphatic carbocycles. The van der Waals surface area contributed by atoms with Gasteiger partial charge in [-0.05, 0) is 49.4 Å². The largest absolute Gasteiger partial charge is 0.497 e. The van der Waals surface area contributed by atoms with E-state index >= 15 is 0 Å². The Hall–Kier alpha value is -2.90. The Morgan fingerprint density at radius 2 is 1.82 bits per heavy atom. The Morgan fingerprint density at radius 1 is 1.18 bits per heavy atom. The van der Waals surface area contributed by atoms with Crippen molar-refractivity contribution in [1.82, 2.24) is 10.2 Å². The van der Waals surface area contributed by atoms with Crippen LogP contribution < -0.4 is 14.4 Å². The molecule has 0 radical (unpaired) electrons. The lowest BCUT2D eigenvalue weighted by Gasteiger charge is -2.28. The van der Waals surface area contributed by atoms with E-state index in [9.17, 15) is 26.4 Å². The van der Waals surface area contributed by atoms with Crippen molar-refractivity contribution < 1.29 is 31.1 Å². The third-order valence-electron chi connectivity index (χ3n) is 4.59. The van der Waals surface area contributed by atoms with Crippen LogP contribution in [0.25, 0.3) is 10.6 Å². The highest BCUT2D eigenvalue weighted by Gasteiger charge is 2.36. The van der Waals surface area contributed by atoms with Gasteiger partial charge in [-0.15, -0.1) is 10.2 Å². The number of carbonyl (C=O) groups is 1. The second-order valence-electron chi connectivity index (χ2n) is 7.03. The van der Waals surface area contributed by atoms with E-state index in [1.54, 1.807) is 24.3 Å². The Labute approximate surface area is 202 Å². The summed E-state index contributed by atoms with van der Waals surface area (Å²) < 4.78 is 70.3. The van der Waals surface area contributed by atoms with Gasteiger partial charge in [-0.1, -0.05) is 22.9 Å². The van der Waals surface area contributed by atoms with Crippen molar-refractivity contribution >= 4 is 49.7 Å². The minimum absolute atomic E-state index is 0.0863. The van der Waals surface area contributed by atoms with E-state index in [0.29, 0.717) is 26.7 Å². The number of carbonyl (C=O) groups excluding carboxylic acids is 1. The minimum atomic E-state index is -4.81. The zero-order valence-corrected chi connectivity index (χ0v) is 20.3. The van der Waals surface area contributed by atoms with E-state index in [1.807, 2.05) is 0 Å². The summed E-state index contributed by atoms with van der Waals surface area (Å²) in [6, 6.07) is 8.13. The number of rotatable bonds is 7. The quantitative estimate of drug-likeness (QED) is 0.472. The van der Waals surface area contributed by atoms with E-state index < -0.39 is 38.7 Å². The van der Waals surface area contributed by atoms with Crippen LogP contribution in [-0.4, -0.2) is 43.9 Å². The van der Waals surface area contributed by atoms with Gasteiger partial charge < -0.3 is 4.74 Å². The molecule has 14 heteroatoms. The topological polar surface area (TPSA) is 101 Å². The molecule has 0 saturated carbocycles. The number of amides is 1. The number of hydrogen-bond acceptors (Lipinski definition) is 7. The van der Waals surface area contributed by atoms with Crippen molar-refractivity contribution in [3.05, 3.63) is 53.1 Å². The van der Waals surface area contributed by atoms with Crippen LogP contribution in [0.2, 0.25) is 5.02 Å². The van der Waals surface area contributed by atoms with Crippen LogP contribution >= 0.6 is 22.9 Å². The molecular formula is C20H18ClF3N4O4S2. The first kappa shape index (κ1) is 25.7. The van der Waals surface area contributed by atoms with Gasteiger partial charge in [0.1, 0.15) is 16.8 Å². The predicted molar refractivity (Wildman–Crippen MR) is 124 cm³/mol. The van der Waals surface area contributed by atoms with E-state index in [0.717, 1.165) is 29.7 Å². The molecule has 3 aromatic rings.